The van der Waals surface area contributed by atoms with Crippen LogP contribution in [0.2, 0.25) is 0 Å². The van der Waals surface area contributed by atoms with Crippen LogP contribution in [0.25, 0.3) is 0 Å². The van der Waals surface area contributed by atoms with E-state index in [0.717, 1.165) is 13.0 Å². The Morgan fingerprint density at radius 1 is 1.71 bits per heavy atom. The van der Waals surface area contributed by atoms with Crippen LogP contribution in [0.15, 0.2) is 0 Å². The van der Waals surface area contributed by atoms with Crippen molar-refractivity contribution in [2.24, 2.45) is 0 Å². The topological polar surface area (TPSA) is 9.23 Å². The van der Waals surface area contributed by atoms with Crippen molar-refractivity contribution >= 4 is 15.9 Å². The van der Waals surface area contributed by atoms with Gasteiger partial charge in [-0.1, -0.05) is 22.9 Å². The zero-order valence-electron chi connectivity index (χ0n) is 4.78. The smallest absolute Gasteiger partial charge is 0.0472 e. The van der Waals surface area contributed by atoms with Crippen LogP contribution in [0.3, 0.4) is 0 Å². The van der Waals surface area contributed by atoms with Crippen molar-refractivity contribution < 1.29 is 4.74 Å². The van der Waals surface area contributed by atoms with Crippen molar-refractivity contribution in [3.63, 3.8) is 0 Å². The van der Waals surface area contributed by atoms with E-state index in [1.54, 1.807) is 7.11 Å². The Kier molecular flexibility index (Phi) is 4.88. The predicted molar refractivity (Wildman–Crippen MR) is 34.9 cm³/mol. The van der Waals surface area contributed by atoms with Crippen molar-refractivity contribution in [1.82, 2.24) is 0 Å². The lowest BCUT2D eigenvalue weighted by molar-refractivity contribution is 0.196. The molecule has 0 bridgehead atoms. The quantitative estimate of drug-likeness (QED) is 0.582. The molecule has 7 heavy (non-hydrogen) atoms. The number of halogens is 1. The zero-order chi connectivity index (χ0) is 5.70. The van der Waals surface area contributed by atoms with Gasteiger partial charge in [-0.2, -0.15) is 0 Å². The lowest BCUT2D eigenvalue weighted by Gasteiger charge is -1.98. The molecular formula is C5H11BrO. The summed E-state index contributed by atoms with van der Waals surface area (Å²) in [5.41, 5.74) is 0. The fourth-order valence-corrected chi connectivity index (χ4v) is 0.467. The summed E-state index contributed by atoms with van der Waals surface area (Å²) >= 11 is 3.40. The van der Waals surface area contributed by atoms with Crippen molar-refractivity contribution in [2.75, 3.05) is 13.7 Å². The van der Waals surface area contributed by atoms with Crippen LogP contribution in [0, 0.1) is 0 Å². The summed E-state index contributed by atoms with van der Waals surface area (Å²) in [5.74, 6) is 0. The molecule has 0 radical (unpaired) electrons. The first-order valence-electron chi connectivity index (χ1n) is 2.40. The maximum absolute atomic E-state index is 4.82. The Morgan fingerprint density at radius 2 is 2.29 bits per heavy atom. The van der Waals surface area contributed by atoms with Crippen LogP contribution in [0.4, 0.5) is 0 Å². The molecule has 1 nitrogen and oxygen atoms in total. The fourth-order valence-electron chi connectivity index (χ4n) is 0.280. The summed E-state index contributed by atoms with van der Waals surface area (Å²) in [7, 11) is 1.72. The number of hydrogen-bond acceptors (Lipinski definition) is 1. The Balaban J connectivity index is 2.68. The third kappa shape index (κ3) is 6.44. The van der Waals surface area contributed by atoms with Crippen molar-refractivity contribution in [3.8, 4) is 0 Å². The molecule has 0 fully saturated rings. The molecule has 0 rings (SSSR count). The van der Waals surface area contributed by atoms with Gasteiger partial charge in [0.15, 0.2) is 0 Å². The minimum Gasteiger partial charge on any atom is -0.385 e. The summed E-state index contributed by atoms with van der Waals surface area (Å²) in [6.07, 6.45) is 1.09. The van der Waals surface area contributed by atoms with E-state index < -0.39 is 0 Å². The van der Waals surface area contributed by atoms with Crippen molar-refractivity contribution in [3.05, 3.63) is 0 Å². The largest absolute Gasteiger partial charge is 0.385 e. The first-order valence-corrected chi connectivity index (χ1v) is 3.32. The molecule has 0 saturated carbocycles. The molecule has 0 saturated heterocycles. The molecule has 0 spiro atoms. The number of ether oxygens (including phenoxy) is 1. The Morgan fingerprint density at radius 3 is 2.43 bits per heavy atom. The van der Waals surface area contributed by atoms with E-state index in [-0.39, 0.29) is 0 Å². The van der Waals surface area contributed by atoms with Gasteiger partial charge in [0.25, 0.3) is 0 Å². The molecule has 0 aromatic carbocycles. The standard InChI is InChI=1S/C5H11BrO/c1-5(6)3-4-7-2/h5H,3-4H2,1-2H3. The monoisotopic (exact) mass is 166 g/mol. The zero-order valence-corrected chi connectivity index (χ0v) is 6.36. The van der Waals surface area contributed by atoms with Gasteiger partial charge in [-0.05, 0) is 6.42 Å². The van der Waals surface area contributed by atoms with E-state index in [9.17, 15) is 0 Å². The average molecular weight is 167 g/mol. The van der Waals surface area contributed by atoms with Gasteiger partial charge in [0.05, 0.1) is 0 Å². The molecule has 0 aromatic rings. The highest BCUT2D eigenvalue weighted by Crippen LogP contribution is 2.01. The number of hydrogen-bond donors (Lipinski definition) is 0. The van der Waals surface area contributed by atoms with E-state index >= 15 is 0 Å². The average Bonchev–Trinajstić information content (AvgIpc) is 1.61. The molecular weight excluding hydrogens is 156 g/mol. The molecule has 1 unspecified atom stereocenters. The molecule has 0 N–H and O–H groups in total. The maximum Gasteiger partial charge on any atom is 0.0472 e. The second kappa shape index (κ2) is 4.60. The van der Waals surface area contributed by atoms with Gasteiger partial charge >= 0.3 is 0 Å². The second-order valence-electron chi connectivity index (χ2n) is 1.56. The molecule has 0 amide bonds. The summed E-state index contributed by atoms with van der Waals surface area (Å²) in [6, 6.07) is 0. The first kappa shape index (κ1) is 7.44. The van der Waals surface area contributed by atoms with Crippen molar-refractivity contribution in [1.29, 1.82) is 0 Å². The molecule has 0 aliphatic heterocycles. The Labute approximate surface area is 53.2 Å². The lowest BCUT2D eigenvalue weighted by Crippen LogP contribution is -1.95. The fraction of sp³-hybridized carbons (Fsp3) is 1.00. The van der Waals surface area contributed by atoms with Gasteiger partial charge in [-0.25, -0.2) is 0 Å². The SMILES string of the molecule is COCCC(C)Br. The number of alkyl halides is 1. The van der Waals surface area contributed by atoms with E-state index in [1.165, 1.54) is 0 Å². The normalized spacial score (nSPS) is 14.1. The van der Waals surface area contributed by atoms with Crippen LogP contribution < -0.4 is 0 Å². The molecule has 1 atom stereocenters. The van der Waals surface area contributed by atoms with E-state index in [1.807, 2.05) is 0 Å². The minimum absolute atomic E-state index is 0.590. The van der Waals surface area contributed by atoms with Crippen LogP contribution in [-0.2, 0) is 4.74 Å². The van der Waals surface area contributed by atoms with Crippen LogP contribution >= 0.6 is 15.9 Å². The van der Waals surface area contributed by atoms with Gasteiger partial charge < -0.3 is 4.74 Å². The second-order valence-corrected chi connectivity index (χ2v) is 3.13. The van der Waals surface area contributed by atoms with Gasteiger partial charge in [-0.15, -0.1) is 0 Å². The van der Waals surface area contributed by atoms with Gasteiger partial charge in [0.2, 0.25) is 0 Å². The molecule has 0 aliphatic carbocycles. The third-order valence-electron chi connectivity index (χ3n) is 0.720. The molecule has 44 valence electrons. The van der Waals surface area contributed by atoms with Gasteiger partial charge in [0, 0.05) is 18.5 Å². The predicted octanol–water partition coefficient (Wildman–Crippen LogP) is 1.81. The molecule has 0 aliphatic rings. The summed E-state index contributed by atoms with van der Waals surface area (Å²) in [4.78, 5) is 0.590. The van der Waals surface area contributed by atoms with E-state index in [4.69, 9.17) is 4.74 Å². The Hall–Kier alpha value is 0.440. The molecule has 0 aromatic heterocycles. The summed E-state index contributed by atoms with van der Waals surface area (Å²) in [5, 5.41) is 0. The van der Waals surface area contributed by atoms with E-state index in [2.05, 4.69) is 22.9 Å². The van der Waals surface area contributed by atoms with Gasteiger partial charge in [0.1, 0.15) is 0 Å². The number of rotatable bonds is 3. The summed E-state index contributed by atoms with van der Waals surface area (Å²) < 4.78 is 4.82. The molecule has 0 heterocycles. The van der Waals surface area contributed by atoms with Crippen LogP contribution in [0.5, 0.6) is 0 Å². The van der Waals surface area contributed by atoms with Crippen LogP contribution in [-0.4, -0.2) is 18.5 Å². The van der Waals surface area contributed by atoms with Crippen molar-refractivity contribution in [2.45, 2.75) is 18.2 Å². The third-order valence-corrected chi connectivity index (χ3v) is 1.18. The highest BCUT2D eigenvalue weighted by atomic mass is 79.9. The lowest BCUT2D eigenvalue weighted by atomic mass is 10.4. The highest BCUT2D eigenvalue weighted by Gasteiger charge is 1.91. The first-order chi connectivity index (χ1) is 3.27. The van der Waals surface area contributed by atoms with Gasteiger partial charge in [-0.3, -0.25) is 0 Å². The maximum atomic E-state index is 4.82. The number of methoxy groups -OCH3 is 1. The minimum atomic E-state index is 0.590. The Bertz CT molecular complexity index is 37.1. The summed E-state index contributed by atoms with van der Waals surface area (Å²) in [6.45, 7) is 2.96. The highest BCUT2D eigenvalue weighted by molar-refractivity contribution is 9.09. The molecule has 2 heteroatoms. The van der Waals surface area contributed by atoms with Crippen LogP contribution in [0.1, 0.15) is 13.3 Å². The van der Waals surface area contributed by atoms with E-state index in [0.29, 0.717) is 4.83 Å².